The van der Waals surface area contributed by atoms with Crippen molar-refractivity contribution in [1.29, 1.82) is 0 Å². The SMILES string of the molecule is Cc1c(C(=O)Nc2ccc(Cl)cc2Cl)oc2c1C(=O)CC(C)(C)C2. The summed E-state index contributed by atoms with van der Waals surface area (Å²) < 4.78 is 5.74. The summed E-state index contributed by atoms with van der Waals surface area (Å²) in [5.41, 5.74) is 1.39. The van der Waals surface area contributed by atoms with Gasteiger partial charge in [-0.25, -0.2) is 0 Å². The lowest BCUT2D eigenvalue weighted by Gasteiger charge is -2.27. The number of fused-ring (bicyclic) bond motifs is 1. The zero-order valence-electron chi connectivity index (χ0n) is 13.6. The molecule has 0 saturated heterocycles. The van der Waals surface area contributed by atoms with E-state index >= 15 is 0 Å². The fourth-order valence-corrected chi connectivity index (χ4v) is 3.53. The zero-order valence-corrected chi connectivity index (χ0v) is 15.1. The highest BCUT2D eigenvalue weighted by atomic mass is 35.5. The van der Waals surface area contributed by atoms with Crippen molar-refractivity contribution in [1.82, 2.24) is 0 Å². The third kappa shape index (κ3) is 3.08. The predicted molar refractivity (Wildman–Crippen MR) is 94.3 cm³/mol. The van der Waals surface area contributed by atoms with Gasteiger partial charge >= 0.3 is 0 Å². The minimum Gasteiger partial charge on any atom is -0.455 e. The molecule has 1 aliphatic rings. The molecule has 0 bridgehead atoms. The van der Waals surface area contributed by atoms with E-state index in [1.54, 1.807) is 25.1 Å². The molecule has 1 aromatic carbocycles. The van der Waals surface area contributed by atoms with E-state index in [2.05, 4.69) is 5.32 Å². The Labute approximate surface area is 150 Å². The number of benzene rings is 1. The van der Waals surface area contributed by atoms with Gasteiger partial charge in [0, 0.05) is 23.4 Å². The molecule has 0 saturated carbocycles. The fourth-order valence-electron chi connectivity index (χ4n) is 3.07. The molecule has 1 aliphatic carbocycles. The Bertz CT molecular complexity index is 852. The van der Waals surface area contributed by atoms with Crippen LogP contribution >= 0.6 is 23.2 Å². The largest absolute Gasteiger partial charge is 0.455 e. The summed E-state index contributed by atoms with van der Waals surface area (Å²) >= 11 is 11.9. The molecule has 24 heavy (non-hydrogen) atoms. The minimum atomic E-state index is -0.434. The van der Waals surface area contributed by atoms with Crippen molar-refractivity contribution in [2.24, 2.45) is 5.41 Å². The van der Waals surface area contributed by atoms with Crippen LogP contribution in [-0.4, -0.2) is 11.7 Å². The normalized spacial score (nSPS) is 16.0. The topological polar surface area (TPSA) is 59.3 Å². The van der Waals surface area contributed by atoms with Crippen LogP contribution in [0.2, 0.25) is 10.0 Å². The highest BCUT2D eigenvalue weighted by molar-refractivity contribution is 6.36. The summed E-state index contributed by atoms with van der Waals surface area (Å²) in [5.74, 6) is 0.320. The molecule has 126 valence electrons. The molecule has 1 N–H and O–H groups in total. The summed E-state index contributed by atoms with van der Waals surface area (Å²) in [7, 11) is 0. The Morgan fingerprint density at radius 2 is 1.96 bits per heavy atom. The number of ketones is 1. The molecule has 0 radical (unpaired) electrons. The highest BCUT2D eigenvalue weighted by Gasteiger charge is 2.37. The van der Waals surface area contributed by atoms with Gasteiger partial charge in [-0.1, -0.05) is 37.0 Å². The Morgan fingerprint density at radius 3 is 2.62 bits per heavy atom. The molecule has 0 fully saturated rings. The van der Waals surface area contributed by atoms with E-state index in [1.165, 1.54) is 0 Å². The summed E-state index contributed by atoms with van der Waals surface area (Å²) in [4.78, 5) is 24.9. The maximum atomic E-state index is 12.6. The maximum absolute atomic E-state index is 12.6. The number of anilines is 1. The van der Waals surface area contributed by atoms with E-state index in [1.807, 2.05) is 13.8 Å². The summed E-state index contributed by atoms with van der Waals surface area (Å²) in [6.45, 7) is 5.76. The van der Waals surface area contributed by atoms with Crippen molar-refractivity contribution < 1.29 is 14.0 Å². The average molecular weight is 366 g/mol. The quantitative estimate of drug-likeness (QED) is 0.784. The number of Topliss-reactive ketones (excluding diaryl/α,β-unsaturated/α-hetero) is 1. The Hall–Kier alpha value is -1.78. The first-order valence-electron chi connectivity index (χ1n) is 7.60. The summed E-state index contributed by atoms with van der Waals surface area (Å²) in [6, 6.07) is 4.80. The van der Waals surface area contributed by atoms with Crippen molar-refractivity contribution >= 4 is 40.6 Å². The monoisotopic (exact) mass is 365 g/mol. The second kappa shape index (κ2) is 5.94. The van der Waals surface area contributed by atoms with E-state index < -0.39 is 5.91 Å². The van der Waals surface area contributed by atoms with Gasteiger partial charge < -0.3 is 9.73 Å². The van der Waals surface area contributed by atoms with Crippen molar-refractivity contribution in [3.8, 4) is 0 Å². The molecule has 6 heteroatoms. The first-order valence-corrected chi connectivity index (χ1v) is 8.35. The van der Waals surface area contributed by atoms with Crippen LogP contribution < -0.4 is 5.32 Å². The van der Waals surface area contributed by atoms with Crippen molar-refractivity contribution in [3.05, 3.63) is 50.9 Å². The van der Waals surface area contributed by atoms with Gasteiger partial charge in [0.15, 0.2) is 11.5 Å². The third-order valence-corrected chi connectivity index (χ3v) is 4.71. The third-order valence-electron chi connectivity index (χ3n) is 4.16. The van der Waals surface area contributed by atoms with E-state index in [-0.39, 0.29) is 17.0 Å². The number of amides is 1. The van der Waals surface area contributed by atoms with Gasteiger partial charge in [-0.3, -0.25) is 9.59 Å². The number of hydrogen-bond acceptors (Lipinski definition) is 3. The lowest BCUT2D eigenvalue weighted by molar-refractivity contribution is 0.0898. The molecule has 0 unspecified atom stereocenters. The molecule has 0 atom stereocenters. The highest BCUT2D eigenvalue weighted by Crippen LogP contribution is 2.38. The zero-order chi connectivity index (χ0) is 17.6. The van der Waals surface area contributed by atoms with E-state index in [0.29, 0.717) is 45.5 Å². The van der Waals surface area contributed by atoms with Gasteiger partial charge in [0.1, 0.15) is 5.76 Å². The van der Waals surface area contributed by atoms with Crippen LogP contribution in [0.1, 0.15) is 52.5 Å². The molecule has 4 nitrogen and oxygen atoms in total. The molecule has 0 aliphatic heterocycles. The van der Waals surface area contributed by atoms with Crippen molar-refractivity contribution in [2.75, 3.05) is 5.32 Å². The number of rotatable bonds is 2. The Morgan fingerprint density at radius 1 is 1.25 bits per heavy atom. The molecule has 1 heterocycles. The fraction of sp³-hybridized carbons (Fsp3) is 0.333. The second-order valence-electron chi connectivity index (χ2n) is 6.87. The van der Waals surface area contributed by atoms with Crippen LogP contribution in [0, 0.1) is 12.3 Å². The standard InChI is InChI=1S/C18H17Cl2NO3/c1-9-15-13(22)7-18(2,3)8-14(15)24-16(9)17(23)21-12-5-4-10(19)6-11(12)20/h4-6H,7-8H2,1-3H3,(H,21,23). The molecular formula is C18H17Cl2NO3. The summed E-state index contributed by atoms with van der Waals surface area (Å²) in [6.07, 6.45) is 1.08. The minimum absolute atomic E-state index is 0.0195. The molecule has 0 spiro atoms. The summed E-state index contributed by atoms with van der Waals surface area (Å²) in [5, 5.41) is 3.52. The van der Waals surface area contributed by atoms with Gasteiger partial charge in [0.05, 0.1) is 16.3 Å². The lowest BCUT2D eigenvalue weighted by Crippen LogP contribution is -2.26. The van der Waals surface area contributed by atoms with Crippen molar-refractivity contribution in [3.63, 3.8) is 0 Å². The van der Waals surface area contributed by atoms with Gasteiger partial charge in [-0.05, 0) is 30.5 Å². The maximum Gasteiger partial charge on any atom is 0.291 e. The van der Waals surface area contributed by atoms with Gasteiger partial charge in [0.2, 0.25) is 0 Å². The number of furan rings is 1. The Kier molecular flexibility index (Phi) is 4.22. The number of carbonyl (C=O) groups excluding carboxylic acids is 2. The Balaban J connectivity index is 1.93. The van der Waals surface area contributed by atoms with Gasteiger partial charge in [0.25, 0.3) is 5.91 Å². The van der Waals surface area contributed by atoms with Crippen LogP contribution in [0.15, 0.2) is 22.6 Å². The van der Waals surface area contributed by atoms with Crippen LogP contribution in [0.3, 0.4) is 0 Å². The van der Waals surface area contributed by atoms with Crippen LogP contribution in [-0.2, 0) is 6.42 Å². The molecular weight excluding hydrogens is 349 g/mol. The number of halogens is 2. The number of hydrogen-bond donors (Lipinski definition) is 1. The molecule has 3 rings (SSSR count). The van der Waals surface area contributed by atoms with Crippen molar-refractivity contribution in [2.45, 2.75) is 33.6 Å². The van der Waals surface area contributed by atoms with E-state index in [9.17, 15) is 9.59 Å². The van der Waals surface area contributed by atoms with Crippen LogP contribution in [0.25, 0.3) is 0 Å². The first kappa shape index (κ1) is 17.1. The van der Waals surface area contributed by atoms with Gasteiger partial charge in [-0.2, -0.15) is 0 Å². The lowest BCUT2D eigenvalue weighted by atomic mass is 9.76. The predicted octanol–water partition coefficient (Wildman–Crippen LogP) is 5.30. The average Bonchev–Trinajstić information content (AvgIpc) is 2.77. The van der Waals surface area contributed by atoms with Gasteiger partial charge in [-0.15, -0.1) is 0 Å². The van der Waals surface area contributed by atoms with E-state index in [0.717, 1.165) is 0 Å². The smallest absolute Gasteiger partial charge is 0.291 e. The number of nitrogens with one attached hydrogen (secondary N) is 1. The number of carbonyl (C=O) groups is 2. The molecule has 1 amide bonds. The first-order chi connectivity index (χ1) is 11.2. The molecule has 2 aromatic rings. The van der Waals surface area contributed by atoms with Crippen LogP contribution in [0.4, 0.5) is 5.69 Å². The second-order valence-corrected chi connectivity index (χ2v) is 7.72. The van der Waals surface area contributed by atoms with E-state index in [4.69, 9.17) is 27.6 Å². The van der Waals surface area contributed by atoms with Crippen LogP contribution in [0.5, 0.6) is 0 Å². The molecule has 1 aromatic heterocycles.